The zero-order chi connectivity index (χ0) is 25.5. The van der Waals surface area contributed by atoms with Gasteiger partial charge in [-0.05, 0) is 54.1 Å². The molecule has 6 rings (SSSR count). The van der Waals surface area contributed by atoms with E-state index >= 15 is 0 Å². The number of amides is 3. The maximum absolute atomic E-state index is 13.6. The summed E-state index contributed by atoms with van der Waals surface area (Å²) in [5.41, 5.74) is 3.60. The van der Waals surface area contributed by atoms with E-state index in [1.165, 1.54) is 6.92 Å². The first-order chi connectivity index (χ1) is 18.0. The third-order valence-corrected chi connectivity index (χ3v) is 6.33. The first-order valence-electron chi connectivity index (χ1n) is 11.8. The molecule has 0 fully saturated rings. The molecule has 2 aliphatic rings. The first-order valence-corrected chi connectivity index (χ1v) is 11.8. The van der Waals surface area contributed by atoms with Crippen LogP contribution in [0.1, 0.15) is 24.9 Å². The highest BCUT2D eigenvalue weighted by Gasteiger charge is 2.41. The van der Waals surface area contributed by atoms with Crippen molar-refractivity contribution in [2.45, 2.75) is 25.9 Å². The van der Waals surface area contributed by atoms with Gasteiger partial charge in [-0.25, -0.2) is 4.98 Å². The molecular formula is C27H23N5O5. The molecule has 37 heavy (non-hydrogen) atoms. The Kier molecular flexibility index (Phi) is 5.48. The summed E-state index contributed by atoms with van der Waals surface area (Å²) in [4.78, 5) is 44.2. The van der Waals surface area contributed by atoms with Crippen LogP contribution >= 0.6 is 0 Å². The van der Waals surface area contributed by atoms with E-state index in [4.69, 9.17) is 14.5 Å². The molecule has 3 amide bonds. The third-order valence-electron chi connectivity index (χ3n) is 6.33. The van der Waals surface area contributed by atoms with Gasteiger partial charge < -0.3 is 20.1 Å². The average Bonchev–Trinajstić information content (AvgIpc) is 3.56. The number of nitrogens with zero attached hydrogens (tertiary/aromatic N) is 3. The van der Waals surface area contributed by atoms with E-state index in [2.05, 4.69) is 10.6 Å². The third kappa shape index (κ3) is 4.22. The Labute approximate surface area is 211 Å². The second kappa shape index (κ2) is 8.98. The first kappa shape index (κ1) is 22.6. The minimum absolute atomic E-state index is 0.0583. The molecule has 2 aliphatic heterocycles. The predicted molar refractivity (Wildman–Crippen MR) is 137 cm³/mol. The van der Waals surface area contributed by atoms with Crippen molar-refractivity contribution < 1.29 is 23.9 Å². The molecule has 1 atom stereocenters. The molecule has 0 bridgehead atoms. The SMILES string of the molecule is CC(=O)Nc1ccc(NC(=O)CC2C(=O)N(Cc3ccc4c(c3)OCO4)c3nc4ccccc4n32)cc1. The van der Waals surface area contributed by atoms with Crippen LogP contribution in [0.3, 0.4) is 0 Å². The van der Waals surface area contributed by atoms with E-state index in [0.717, 1.165) is 16.6 Å². The van der Waals surface area contributed by atoms with Gasteiger partial charge >= 0.3 is 0 Å². The molecule has 1 unspecified atom stereocenters. The molecule has 0 radical (unpaired) electrons. The van der Waals surface area contributed by atoms with Crippen LogP contribution in [0.15, 0.2) is 66.7 Å². The lowest BCUT2D eigenvalue weighted by molar-refractivity contribution is -0.124. The quantitative estimate of drug-likeness (QED) is 0.418. The maximum Gasteiger partial charge on any atom is 0.253 e. The van der Waals surface area contributed by atoms with E-state index in [-0.39, 0.29) is 37.5 Å². The van der Waals surface area contributed by atoms with Gasteiger partial charge in [0.1, 0.15) is 6.04 Å². The Morgan fingerprint density at radius 1 is 0.973 bits per heavy atom. The molecule has 3 aromatic carbocycles. The number of carbonyl (C=O) groups is 3. The standard InChI is InChI=1S/C27H23N5O5/c1-16(33)28-18-7-9-19(10-8-18)29-25(34)13-22-26(35)31(14-17-6-11-23-24(12-17)37-15-36-23)27-30-20-4-2-3-5-21(20)32(22)27/h2-12,22H,13-15H2,1H3,(H,28,33)(H,29,34). The van der Waals surface area contributed by atoms with Gasteiger partial charge in [0.05, 0.1) is 24.0 Å². The summed E-state index contributed by atoms with van der Waals surface area (Å²) in [6.07, 6.45) is -0.0583. The number of imidazole rings is 1. The van der Waals surface area contributed by atoms with Gasteiger partial charge in [-0.1, -0.05) is 18.2 Å². The number of para-hydroxylation sites is 2. The number of carbonyl (C=O) groups excluding carboxylic acids is 3. The van der Waals surface area contributed by atoms with Gasteiger partial charge in [-0.2, -0.15) is 0 Å². The minimum Gasteiger partial charge on any atom is -0.454 e. The molecule has 2 N–H and O–H groups in total. The van der Waals surface area contributed by atoms with Crippen molar-refractivity contribution in [1.82, 2.24) is 9.55 Å². The molecule has 0 saturated carbocycles. The molecule has 4 aromatic rings. The van der Waals surface area contributed by atoms with E-state index in [1.807, 2.05) is 47.0 Å². The number of hydrogen-bond donors (Lipinski definition) is 2. The van der Waals surface area contributed by atoms with E-state index in [0.29, 0.717) is 28.8 Å². The van der Waals surface area contributed by atoms with Gasteiger partial charge in [-0.3, -0.25) is 23.9 Å². The Balaban J connectivity index is 1.25. The number of ether oxygens (including phenoxy) is 2. The predicted octanol–water partition coefficient (Wildman–Crippen LogP) is 3.84. The number of benzene rings is 3. The molecule has 0 aliphatic carbocycles. The van der Waals surface area contributed by atoms with Crippen molar-refractivity contribution in [3.05, 3.63) is 72.3 Å². The summed E-state index contributed by atoms with van der Waals surface area (Å²) in [5, 5.41) is 5.53. The number of anilines is 3. The van der Waals surface area contributed by atoms with E-state index in [9.17, 15) is 14.4 Å². The normalized spacial score (nSPS) is 15.6. The number of aromatic nitrogens is 2. The average molecular weight is 498 g/mol. The lowest BCUT2D eigenvalue weighted by Crippen LogP contribution is -2.31. The fraction of sp³-hybridized carbons (Fsp3) is 0.185. The number of rotatable bonds is 6. The van der Waals surface area contributed by atoms with Gasteiger partial charge in [-0.15, -0.1) is 0 Å². The van der Waals surface area contributed by atoms with Crippen LogP contribution in [-0.4, -0.2) is 34.1 Å². The van der Waals surface area contributed by atoms with Gasteiger partial charge in [0.25, 0.3) is 5.91 Å². The summed E-state index contributed by atoms with van der Waals surface area (Å²) in [6.45, 7) is 1.88. The van der Waals surface area contributed by atoms with E-state index in [1.54, 1.807) is 29.2 Å². The summed E-state index contributed by atoms with van der Waals surface area (Å²) < 4.78 is 12.7. The topological polar surface area (TPSA) is 115 Å². The molecule has 186 valence electrons. The van der Waals surface area contributed by atoms with Gasteiger partial charge in [0, 0.05) is 18.3 Å². The monoisotopic (exact) mass is 497 g/mol. The van der Waals surface area contributed by atoms with Gasteiger partial charge in [0.2, 0.25) is 24.6 Å². The molecule has 0 spiro atoms. The van der Waals surface area contributed by atoms with Crippen LogP contribution in [0.4, 0.5) is 17.3 Å². The number of hydrogen-bond acceptors (Lipinski definition) is 6. The van der Waals surface area contributed by atoms with Crippen LogP contribution in [-0.2, 0) is 20.9 Å². The second-order valence-corrected chi connectivity index (χ2v) is 8.91. The molecule has 1 aromatic heterocycles. The summed E-state index contributed by atoms with van der Waals surface area (Å²) >= 11 is 0. The Bertz CT molecular complexity index is 1540. The molecular weight excluding hydrogens is 474 g/mol. The van der Waals surface area contributed by atoms with Crippen molar-refractivity contribution in [2.75, 3.05) is 22.3 Å². The minimum atomic E-state index is -0.741. The highest BCUT2D eigenvalue weighted by Crippen LogP contribution is 2.39. The van der Waals surface area contributed by atoms with Crippen molar-refractivity contribution >= 4 is 46.1 Å². The Morgan fingerprint density at radius 3 is 2.49 bits per heavy atom. The van der Waals surface area contributed by atoms with Crippen molar-refractivity contribution in [3.8, 4) is 11.5 Å². The molecule has 3 heterocycles. The lowest BCUT2D eigenvalue weighted by atomic mass is 10.1. The van der Waals surface area contributed by atoms with Crippen molar-refractivity contribution in [3.63, 3.8) is 0 Å². The van der Waals surface area contributed by atoms with Crippen LogP contribution in [0.25, 0.3) is 11.0 Å². The summed E-state index contributed by atoms with van der Waals surface area (Å²) in [7, 11) is 0. The maximum atomic E-state index is 13.6. The molecule has 0 saturated heterocycles. The van der Waals surface area contributed by atoms with Crippen molar-refractivity contribution in [1.29, 1.82) is 0 Å². The number of nitrogens with one attached hydrogen (secondary N) is 2. The zero-order valence-corrected chi connectivity index (χ0v) is 19.9. The van der Waals surface area contributed by atoms with E-state index < -0.39 is 6.04 Å². The summed E-state index contributed by atoms with van der Waals surface area (Å²) in [5.74, 6) is 1.12. The lowest BCUT2D eigenvalue weighted by Gasteiger charge is -2.16. The van der Waals surface area contributed by atoms with Crippen LogP contribution in [0, 0.1) is 0 Å². The highest BCUT2D eigenvalue weighted by atomic mass is 16.7. The Hall–Kier alpha value is -4.86. The fourth-order valence-corrected chi connectivity index (χ4v) is 4.70. The Morgan fingerprint density at radius 2 is 1.70 bits per heavy atom. The fourth-order valence-electron chi connectivity index (χ4n) is 4.70. The molecule has 10 nitrogen and oxygen atoms in total. The second-order valence-electron chi connectivity index (χ2n) is 8.91. The smallest absolute Gasteiger partial charge is 0.253 e. The van der Waals surface area contributed by atoms with Crippen LogP contribution in [0.5, 0.6) is 11.5 Å². The van der Waals surface area contributed by atoms with Crippen LogP contribution in [0.2, 0.25) is 0 Å². The van der Waals surface area contributed by atoms with Crippen LogP contribution < -0.4 is 25.0 Å². The highest BCUT2D eigenvalue weighted by molar-refractivity contribution is 6.05. The van der Waals surface area contributed by atoms with Gasteiger partial charge in [0.15, 0.2) is 11.5 Å². The molecule has 10 heteroatoms. The van der Waals surface area contributed by atoms with Crippen molar-refractivity contribution in [2.24, 2.45) is 0 Å². The summed E-state index contributed by atoms with van der Waals surface area (Å²) in [6, 6.07) is 19.2. The largest absolute Gasteiger partial charge is 0.454 e. The zero-order valence-electron chi connectivity index (χ0n) is 19.9. The number of fused-ring (bicyclic) bond motifs is 4.